The minimum atomic E-state index is -0.407. The molecule has 0 radical (unpaired) electrons. The van der Waals surface area contributed by atoms with E-state index in [2.05, 4.69) is 5.10 Å². The first-order valence-corrected chi connectivity index (χ1v) is 6.03. The zero-order valence-electron chi connectivity index (χ0n) is 10.2. The lowest BCUT2D eigenvalue weighted by atomic mass is 10.1. The first-order valence-electron chi connectivity index (χ1n) is 6.03. The Labute approximate surface area is 110 Å². The van der Waals surface area contributed by atoms with Crippen LogP contribution in [-0.2, 0) is 0 Å². The van der Waals surface area contributed by atoms with Crippen molar-refractivity contribution >= 4 is 11.6 Å². The largest absolute Gasteiger partial charge is 0.397 e. The van der Waals surface area contributed by atoms with Crippen LogP contribution in [0.4, 0.5) is 5.69 Å². The number of carbonyl (C=O) groups excluding carboxylic acids is 1. The molecule has 1 aliphatic rings. The molecule has 2 aromatic rings. The van der Waals surface area contributed by atoms with Gasteiger partial charge < -0.3 is 15.7 Å². The van der Waals surface area contributed by atoms with Gasteiger partial charge in [0.2, 0.25) is 0 Å². The molecule has 3 N–H and O–H groups in total. The average Bonchev–Trinajstić information content (AvgIpc) is 2.84. The van der Waals surface area contributed by atoms with Crippen LogP contribution in [0.2, 0.25) is 0 Å². The molecule has 1 aromatic heterocycles. The quantitative estimate of drug-likeness (QED) is 0.757. The minimum Gasteiger partial charge on any atom is -0.397 e. The van der Waals surface area contributed by atoms with Crippen molar-refractivity contribution in [3.8, 4) is 5.69 Å². The van der Waals surface area contributed by atoms with Crippen LogP contribution in [0.5, 0.6) is 0 Å². The van der Waals surface area contributed by atoms with Crippen molar-refractivity contribution in [1.29, 1.82) is 0 Å². The Morgan fingerprint density at radius 3 is 2.74 bits per heavy atom. The number of nitrogens with zero attached hydrogens (tertiary/aromatic N) is 3. The number of para-hydroxylation sites is 2. The highest BCUT2D eigenvalue weighted by atomic mass is 16.3. The number of amides is 1. The van der Waals surface area contributed by atoms with E-state index in [9.17, 15) is 9.90 Å². The van der Waals surface area contributed by atoms with Crippen LogP contribution in [0.3, 0.4) is 0 Å². The van der Waals surface area contributed by atoms with Crippen molar-refractivity contribution in [3.63, 3.8) is 0 Å². The predicted octanol–water partition coefficient (Wildman–Crippen LogP) is 0.271. The molecular formula is C13H14N4O2. The van der Waals surface area contributed by atoms with Gasteiger partial charge in [0.25, 0.3) is 5.91 Å². The van der Waals surface area contributed by atoms with Crippen LogP contribution in [0.15, 0.2) is 36.5 Å². The second-order valence-electron chi connectivity index (χ2n) is 4.57. The first-order chi connectivity index (χ1) is 9.15. The van der Waals surface area contributed by atoms with Crippen molar-refractivity contribution in [3.05, 3.63) is 42.2 Å². The molecule has 98 valence electrons. The van der Waals surface area contributed by atoms with Gasteiger partial charge in [-0.25, -0.2) is 4.68 Å². The van der Waals surface area contributed by atoms with Gasteiger partial charge in [0, 0.05) is 19.3 Å². The Morgan fingerprint density at radius 1 is 1.32 bits per heavy atom. The monoisotopic (exact) mass is 258 g/mol. The van der Waals surface area contributed by atoms with Gasteiger partial charge in [-0.2, -0.15) is 5.10 Å². The Balaban J connectivity index is 1.84. The Morgan fingerprint density at radius 2 is 2.05 bits per heavy atom. The number of carbonyl (C=O) groups is 1. The average molecular weight is 258 g/mol. The van der Waals surface area contributed by atoms with Crippen molar-refractivity contribution in [2.45, 2.75) is 6.10 Å². The maximum absolute atomic E-state index is 12.0. The summed E-state index contributed by atoms with van der Waals surface area (Å²) in [5.41, 5.74) is 7.56. The first kappa shape index (κ1) is 11.7. The third-order valence-corrected chi connectivity index (χ3v) is 3.14. The number of hydrogen-bond acceptors (Lipinski definition) is 4. The van der Waals surface area contributed by atoms with Gasteiger partial charge in [-0.3, -0.25) is 4.79 Å². The standard InChI is InChI=1S/C13H14N4O2/c14-10-3-1-2-4-12(10)17-6-5-11(15-17)13(19)16-7-9(18)8-16/h1-6,9,18H,7-8,14H2. The molecule has 2 heterocycles. The van der Waals surface area contributed by atoms with E-state index in [-0.39, 0.29) is 5.91 Å². The molecule has 0 saturated carbocycles. The lowest BCUT2D eigenvalue weighted by Crippen LogP contribution is -2.53. The van der Waals surface area contributed by atoms with Crippen molar-refractivity contribution in [1.82, 2.24) is 14.7 Å². The fraction of sp³-hybridized carbons (Fsp3) is 0.231. The van der Waals surface area contributed by atoms with Gasteiger partial charge in [-0.15, -0.1) is 0 Å². The Bertz CT molecular complexity index is 617. The molecule has 0 bridgehead atoms. The molecule has 6 heteroatoms. The van der Waals surface area contributed by atoms with Crippen LogP contribution in [0, 0.1) is 0 Å². The summed E-state index contributed by atoms with van der Waals surface area (Å²) >= 11 is 0. The summed E-state index contributed by atoms with van der Waals surface area (Å²) in [7, 11) is 0. The zero-order chi connectivity index (χ0) is 13.4. The lowest BCUT2D eigenvalue weighted by molar-refractivity contribution is 0.00547. The molecule has 19 heavy (non-hydrogen) atoms. The van der Waals surface area contributed by atoms with Gasteiger partial charge in [-0.05, 0) is 18.2 Å². The zero-order valence-corrected chi connectivity index (χ0v) is 10.2. The highest BCUT2D eigenvalue weighted by Gasteiger charge is 2.30. The number of rotatable bonds is 2. The molecule has 1 saturated heterocycles. The number of hydrogen-bond donors (Lipinski definition) is 2. The molecule has 1 fully saturated rings. The second-order valence-corrected chi connectivity index (χ2v) is 4.57. The number of β-amino-alcohol motifs (C(OH)–C–C–N with tert-alkyl or cyclic N) is 1. The highest BCUT2D eigenvalue weighted by Crippen LogP contribution is 2.17. The lowest BCUT2D eigenvalue weighted by Gasteiger charge is -2.35. The maximum Gasteiger partial charge on any atom is 0.274 e. The number of aromatic nitrogens is 2. The van der Waals surface area contributed by atoms with Crippen molar-refractivity contribution in [2.24, 2.45) is 0 Å². The highest BCUT2D eigenvalue weighted by molar-refractivity contribution is 5.92. The summed E-state index contributed by atoms with van der Waals surface area (Å²) in [5.74, 6) is -0.168. The summed E-state index contributed by atoms with van der Waals surface area (Å²) < 4.78 is 1.58. The van der Waals surface area contributed by atoms with E-state index in [1.807, 2.05) is 18.2 Å². The second kappa shape index (κ2) is 4.40. The third kappa shape index (κ3) is 2.06. The number of nitrogen functional groups attached to an aromatic ring is 1. The molecule has 0 unspecified atom stereocenters. The topological polar surface area (TPSA) is 84.4 Å². The van der Waals surface area contributed by atoms with Crippen LogP contribution < -0.4 is 5.73 Å². The van der Waals surface area contributed by atoms with Crippen LogP contribution in [0.25, 0.3) is 5.69 Å². The fourth-order valence-corrected chi connectivity index (χ4v) is 2.05. The van der Waals surface area contributed by atoms with Crippen molar-refractivity contribution < 1.29 is 9.90 Å². The number of nitrogens with two attached hydrogens (primary N) is 1. The molecule has 0 atom stereocenters. The van der Waals surface area contributed by atoms with Gasteiger partial charge in [0.15, 0.2) is 5.69 Å². The molecule has 6 nitrogen and oxygen atoms in total. The number of aliphatic hydroxyl groups is 1. The number of aliphatic hydroxyl groups excluding tert-OH is 1. The van der Waals surface area contributed by atoms with E-state index in [1.54, 1.807) is 27.9 Å². The Kier molecular flexibility index (Phi) is 2.72. The van der Waals surface area contributed by atoms with Crippen LogP contribution in [-0.4, -0.2) is 44.9 Å². The number of anilines is 1. The fourth-order valence-electron chi connectivity index (χ4n) is 2.05. The summed E-state index contributed by atoms with van der Waals surface area (Å²) in [5, 5.41) is 13.4. The number of benzene rings is 1. The van der Waals surface area contributed by atoms with E-state index in [0.717, 1.165) is 5.69 Å². The molecular weight excluding hydrogens is 244 g/mol. The van der Waals surface area contributed by atoms with E-state index >= 15 is 0 Å². The predicted molar refractivity (Wildman–Crippen MR) is 69.9 cm³/mol. The smallest absolute Gasteiger partial charge is 0.274 e. The van der Waals surface area contributed by atoms with Gasteiger partial charge >= 0.3 is 0 Å². The normalized spacial score (nSPS) is 15.3. The van der Waals surface area contributed by atoms with E-state index in [1.165, 1.54) is 0 Å². The van der Waals surface area contributed by atoms with E-state index in [0.29, 0.717) is 24.5 Å². The molecule has 0 spiro atoms. The summed E-state index contributed by atoms with van der Waals surface area (Å²) in [6.45, 7) is 0.748. The SMILES string of the molecule is Nc1ccccc1-n1ccc(C(=O)N2CC(O)C2)n1. The van der Waals surface area contributed by atoms with Gasteiger partial charge in [0.1, 0.15) is 0 Å². The van der Waals surface area contributed by atoms with E-state index < -0.39 is 6.10 Å². The summed E-state index contributed by atoms with van der Waals surface area (Å²) in [6, 6.07) is 8.98. The molecule has 1 aliphatic heterocycles. The van der Waals surface area contributed by atoms with Gasteiger partial charge in [-0.1, -0.05) is 12.1 Å². The molecule has 3 rings (SSSR count). The van der Waals surface area contributed by atoms with Crippen LogP contribution >= 0.6 is 0 Å². The van der Waals surface area contributed by atoms with Crippen LogP contribution in [0.1, 0.15) is 10.5 Å². The third-order valence-electron chi connectivity index (χ3n) is 3.14. The number of likely N-dealkylation sites (tertiary alicyclic amines) is 1. The minimum absolute atomic E-state index is 0.168. The molecule has 1 aromatic carbocycles. The molecule has 0 aliphatic carbocycles. The van der Waals surface area contributed by atoms with Gasteiger partial charge in [0.05, 0.1) is 17.5 Å². The summed E-state index contributed by atoms with van der Waals surface area (Å²) in [4.78, 5) is 13.6. The molecule has 1 amide bonds. The Hall–Kier alpha value is -2.34. The summed E-state index contributed by atoms with van der Waals surface area (Å²) in [6.07, 6.45) is 1.30. The van der Waals surface area contributed by atoms with E-state index in [4.69, 9.17) is 5.73 Å². The maximum atomic E-state index is 12.0. The van der Waals surface area contributed by atoms with Crippen molar-refractivity contribution in [2.75, 3.05) is 18.8 Å².